The third kappa shape index (κ3) is 3.71. The standard InChI is InChI=1S/C16H34N2/c1-7-13(4)18(9-3)12-14-10-11-16(5,6)15(14)17-8-2/h13-15,17H,7-12H2,1-6H3. The molecule has 1 saturated carbocycles. The van der Waals surface area contributed by atoms with Gasteiger partial charge in [-0.1, -0.05) is 34.6 Å². The summed E-state index contributed by atoms with van der Waals surface area (Å²) in [6.45, 7) is 17.6. The van der Waals surface area contributed by atoms with Gasteiger partial charge < -0.3 is 10.2 Å². The minimum atomic E-state index is 0.468. The molecule has 0 spiro atoms. The Kier molecular flexibility index (Phi) is 6.13. The molecule has 0 aromatic rings. The minimum absolute atomic E-state index is 0.468. The van der Waals surface area contributed by atoms with Gasteiger partial charge in [0.15, 0.2) is 0 Å². The Morgan fingerprint density at radius 2 is 1.94 bits per heavy atom. The average Bonchev–Trinajstić information content (AvgIpc) is 2.62. The summed E-state index contributed by atoms with van der Waals surface area (Å²) < 4.78 is 0. The van der Waals surface area contributed by atoms with Gasteiger partial charge in [-0.3, -0.25) is 0 Å². The van der Waals surface area contributed by atoms with Crippen LogP contribution >= 0.6 is 0 Å². The SMILES string of the molecule is CCNC1C(CN(CC)C(C)CC)CCC1(C)C. The summed E-state index contributed by atoms with van der Waals surface area (Å²) in [6, 6.07) is 1.42. The Morgan fingerprint density at radius 3 is 2.44 bits per heavy atom. The lowest BCUT2D eigenvalue weighted by atomic mass is 9.84. The van der Waals surface area contributed by atoms with Gasteiger partial charge in [-0.05, 0) is 50.6 Å². The van der Waals surface area contributed by atoms with Crippen molar-refractivity contribution in [3.8, 4) is 0 Å². The van der Waals surface area contributed by atoms with E-state index in [2.05, 4.69) is 51.8 Å². The zero-order chi connectivity index (χ0) is 13.8. The molecule has 1 N–H and O–H groups in total. The first-order valence-electron chi connectivity index (χ1n) is 7.93. The van der Waals surface area contributed by atoms with Gasteiger partial charge in [-0.2, -0.15) is 0 Å². The van der Waals surface area contributed by atoms with Gasteiger partial charge in [0.2, 0.25) is 0 Å². The molecule has 0 radical (unpaired) electrons. The highest BCUT2D eigenvalue weighted by Crippen LogP contribution is 2.41. The molecule has 0 heterocycles. The van der Waals surface area contributed by atoms with Crippen molar-refractivity contribution in [2.24, 2.45) is 11.3 Å². The summed E-state index contributed by atoms with van der Waals surface area (Å²) in [5, 5.41) is 3.74. The van der Waals surface area contributed by atoms with E-state index in [1.54, 1.807) is 0 Å². The van der Waals surface area contributed by atoms with Crippen LogP contribution in [0, 0.1) is 11.3 Å². The van der Waals surface area contributed by atoms with Crippen LogP contribution in [-0.4, -0.2) is 36.6 Å². The quantitative estimate of drug-likeness (QED) is 0.748. The van der Waals surface area contributed by atoms with Gasteiger partial charge in [0.25, 0.3) is 0 Å². The lowest BCUT2D eigenvalue weighted by molar-refractivity contribution is 0.153. The Bertz CT molecular complexity index is 237. The van der Waals surface area contributed by atoms with E-state index in [0.29, 0.717) is 11.5 Å². The first-order chi connectivity index (χ1) is 8.46. The molecule has 0 bridgehead atoms. The number of hydrogen-bond donors (Lipinski definition) is 1. The summed E-state index contributed by atoms with van der Waals surface area (Å²) in [7, 11) is 0. The molecule has 18 heavy (non-hydrogen) atoms. The molecule has 2 heteroatoms. The van der Waals surface area contributed by atoms with Crippen LogP contribution in [0.3, 0.4) is 0 Å². The Labute approximate surface area is 115 Å². The minimum Gasteiger partial charge on any atom is -0.313 e. The largest absolute Gasteiger partial charge is 0.313 e. The summed E-state index contributed by atoms with van der Waals surface area (Å²) in [5.74, 6) is 0.828. The second kappa shape index (κ2) is 6.91. The molecule has 1 rings (SSSR count). The fraction of sp³-hybridized carbons (Fsp3) is 1.00. The normalized spacial score (nSPS) is 28.8. The van der Waals surface area contributed by atoms with Crippen LogP contribution in [0.1, 0.15) is 60.8 Å². The Balaban J connectivity index is 2.64. The van der Waals surface area contributed by atoms with E-state index in [1.807, 2.05) is 0 Å². The summed E-state index contributed by atoms with van der Waals surface area (Å²) in [6.07, 6.45) is 4.01. The molecule has 1 fully saturated rings. The zero-order valence-electron chi connectivity index (χ0n) is 13.4. The molecular weight excluding hydrogens is 220 g/mol. The van der Waals surface area contributed by atoms with Crippen LogP contribution in [0.5, 0.6) is 0 Å². The van der Waals surface area contributed by atoms with Gasteiger partial charge >= 0.3 is 0 Å². The van der Waals surface area contributed by atoms with Crippen LogP contribution in [0.15, 0.2) is 0 Å². The summed E-state index contributed by atoms with van der Waals surface area (Å²) in [5.41, 5.74) is 0.468. The first kappa shape index (κ1) is 16.0. The Hall–Kier alpha value is -0.0800. The van der Waals surface area contributed by atoms with Crippen molar-refractivity contribution in [3.05, 3.63) is 0 Å². The fourth-order valence-corrected chi connectivity index (χ4v) is 3.56. The van der Waals surface area contributed by atoms with Gasteiger partial charge in [0.05, 0.1) is 0 Å². The van der Waals surface area contributed by atoms with E-state index < -0.39 is 0 Å². The highest BCUT2D eigenvalue weighted by molar-refractivity contribution is 4.97. The van der Waals surface area contributed by atoms with E-state index in [0.717, 1.165) is 18.5 Å². The molecule has 2 nitrogen and oxygen atoms in total. The lowest BCUT2D eigenvalue weighted by Crippen LogP contribution is -2.47. The van der Waals surface area contributed by atoms with Crippen LogP contribution in [0.4, 0.5) is 0 Å². The van der Waals surface area contributed by atoms with E-state index in [9.17, 15) is 0 Å². The smallest absolute Gasteiger partial charge is 0.0159 e. The molecule has 3 unspecified atom stereocenters. The van der Waals surface area contributed by atoms with E-state index in [-0.39, 0.29) is 0 Å². The molecule has 0 aromatic heterocycles. The second-order valence-corrected chi connectivity index (χ2v) is 6.67. The predicted octanol–water partition coefficient (Wildman–Crippen LogP) is 3.52. The van der Waals surface area contributed by atoms with Crippen molar-refractivity contribution in [1.29, 1.82) is 0 Å². The number of rotatable bonds is 7. The third-order valence-corrected chi connectivity index (χ3v) is 4.99. The average molecular weight is 254 g/mol. The van der Waals surface area contributed by atoms with Crippen molar-refractivity contribution in [2.75, 3.05) is 19.6 Å². The topological polar surface area (TPSA) is 15.3 Å². The zero-order valence-corrected chi connectivity index (χ0v) is 13.4. The molecule has 0 aliphatic heterocycles. The van der Waals surface area contributed by atoms with Crippen molar-refractivity contribution >= 4 is 0 Å². The van der Waals surface area contributed by atoms with E-state index >= 15 is 0 Å². The van der Waals surface area contributed by atoms with E-state index in [1.165, 1.54) is 32.4 Å². The molecular formula is C16H34N2. The highest BCUT2D eigenvalue weighted by atomic mass is 15.2. The first-order valence-corrected chi connectivity index (χ1v) is 7.93. The molecule has 1 aliphatic rings. The van der Waals surface area contributed by atoms with E-state index in [4.69, 9.17) is 0 Å². The fourth-order valence-electron chi connectivity index (χ4n) is 3.56. The molecule has 1 aliphatic carbocycles. The van der Waals surface area contributed by atoms with Crippen molar-refractivity contribution in [3.63, 3.8) is 0 Å². The summed E-state index contributed by atoms with van der Waals surface area (Å²) in [4.78, 5) is 2.66. The van der Waals surface area contributed by atoms with Gasteiger partial charge in [-0.15, -0.1) is 0 Å². The number of nitrogens with one attached hydrogen (secondary N) is 1. The van der Waals surface area contributed by atoms with Crippen molar-refractivity contribution < 1.29 is 0 Å². The third-order valence-electron chi connectivity index (χ3n) is 4.99. The molecule has 0 aromatic carbocycles. The van der Waals surface area contributed by atoms with Gasteiger partial charge in [0.1, 0.15) is 0 Å². The van der Waals surface area contributed by atoms with Crippen LogP contribution in [0.25, 0.3) is 0 Å². The Morgan fingerprint density at radius 1 is 1.28 bits per heavy atom. The molecule has 0 amide bonds. The molecule has 0 saturated heterocycles. The predicted molar refractivity (Wildman–Crippen MR) is 81.0 cm³/mol. The lowest BCUT2D eigenvalue weighted by Gasteiger charge is -2.36. The van der Waals surface area contributed by atoms with Crippen molar-refractivity contribution in [2.45, 2.75) is 72.9 Å². The monoisotopic (exact) mass is 254 g/mol. The highest BCUT2D eigenvalue weighted by Gasteiger charge is 2.41. The number of nitrogens with zero attached hydrogens (tertiary/aromatic N) is 1. The van der Waals surface area contributed by atoms with Crippen LogP contribution in [-0.2, 0) is 0 Å². The second-order valence-electron chi connectivity index (χ2n) is 6.67. The van der Waals surface area contributed by atoms with Crippen LogP contribution < -0.4 is 5.32 Å². The maximum absolute atomic E-state index is 3.74. The maximum Gasteiger partial charge on any atom is 0.0159 e. The van der Waals surface area contributed by atoms with Crippen molar-refractivity contribution in [1.82, 2.24) is 10.2 Å². The van der Waals surface area contributed by atoms with Gasteiger partial charge in [-0.25, -0.2) is 0 Å². The molecule has 108 valence electrons. The molecule has 3 atom stereocenters. The maximum atomic E-state index is 3.74. The number of hydrogen-bond acceptors (Lipinski definition) is 2. The van der Waals surface area contributed by atoms with Crippen LogP contribution in [0.2, 0.25) is 0 Å². The van der Waals surface area contributed by atoms with Gasteiger partial charge in [0, 0.05) is 18.6 Å². The summed E-state index contributed by atoms with van der Waals surface area (Å²) >= 11 is 0.